The van der Waals surface area contributed by atoms with Crippen LogP contribution >= 0.6 is 11.6 Å². The molecule has 98 valence electrons. The summed E-state index contributed by atoms with van der Waals surface area (Å²) < 4.78 is 13.0. The van der Waals surface area contributed by atoms with Gasteiger partial charge in [0, 0.05) is 12.1 Å². The zero-order valence-electron chi connectivity index (χ0n) is 9.88. The molecule has 18 heavy (non-hydrogen) atoms. The molecule has 1 fully saturated rings. The van der Waals surface area contributed by atoms with Gasteiger partial charge in [-0.25, -0.2) is 4.39 Å². The molecule has 0 unspecified atom stereocenters. The number of aliphatic hydroxyl groups is 1. The molecule has 0 heterocycles. The maximum absolute atomic E-state index is 13.0. The van der Waals surface area contributed by atoms with Gasteiger partial charge in [-0.05, 0) is 31.0 Å². The van der Waals surface area contributed by atoms with E-state index in [4.69, 9.17) is 11.6 Å². The van der Waals surface area contributed by atoms with Crippen LogP contribution in [0.2, 0.25) is 5.02 Å². The predicted octanol–water partition coefficient (Wildman–Crippen LogP) is 2.51. The lowest BCUT2D eigenvalue weighted by Crippen LogP contribution is -2.40. The number of amides is 1. The molecule has 1 aliphatic rings. The Kier molecular flexibility index (Phi) is 3.88. The van der Waals surface area contributed by atoms with Crippen LogP contribution in [-0.2, 0) is 0 Å². The summed E-state index contributed by atoms with van der Waals surface area (Å²) in [4.78, 5) is 11.8. The number of hydrogen-bond donors (Lipinski definition) is 2. The van der Waals surface area contributed by atoms with Crippen molar-refractivity contribution in [3.05, 3.63) is 34.6 Å². The molecule has 0 spiro atoms. The molecule has 1 saturated carbocycles. The Morgan fingerprint density at radius 3 is 2.72 bits per heavy atom. The average molecular weight is 272 g/mol. The molecule has 1 amide bonds. The van der Waals surface area contributed by atoms with E-state index in [-0.39, 0.29) is 17.5 Å². The van der Waals surface area contributed by atoms with E-state index in [1.165, 1.54) is 12.1 Å². The zero-order chi connectivity index (χ0) is 13.2. The zero-order valence-corrected chi connectivity index (χ0v) is 10.6. The van der Waals surface area contributed by atoms with Crippen LogP contribution in [0.3, 0.4) is 0 Å². The number of rotatable bonds is 3. The fourth-order valence-electron chi connectivity index (χ4n) is 2.19. The Morgan fingerprint density at radius 2 is 2.11 bits per heavy atom. The van der Waals surface area contributed by atoms with E-state index in [0.29, 0.717) is 18.4 Å². The van der Waals surface area contributed by atoms with Crippen LogP contribution in [0, 0.1) is 5.82 Å². The highest BCUT2D eigenvalue weighted by atomic mass is 35.5. The van der Waals surface area contributed by atoms with E-state index >= 15 is 0 Å². The first-order valence-corrected chi connectivity index (χ1v) is 6.34. The van der Waals surface area contributed by atoms with Crippen LogP contribution in [-0.4, -0.2) is 23.2 Å². The third kappa shape index (κ3) is 3.00. The molecule has 2 N–H and O–H groups in total. The maximum Gasteiger partial charge on any atom is 0.251 e. The Labute approximate surface area is 110 Å². The largest absolute Gasteiger partial charge is 0.388 e. The minimum Gasteiger partial charge on any atom is -0.388 e. The van der Waals surface area contributed by atoms with Crippen LogP contribution in [0.1, 0.15) is 36.0 Å². The lowest BCUT2D eigenvalue weighted by atomic mass is 10.0. The minimum atomic E-state index is -0.792. The van der Waals surface area contributed by atoms with Crippen molar-refractivity contribution in [1.29, 1.82) is 0 Å². The summed E-state index contributed by atoms with van der Waals surface area (Å²) in [5.74, 6) is -0.903. The van der Waals surface area contributed by atoms with Crippen molar-refractivity contribution in [2.75, 3.05) is 6.54 Å². The molecular formula is C13H15ClFNO2. The standard InChI is InChI=1S/C13H15ClFNO2/c14-10-7-9(3-4-11(10)15)12(17)16-8-13(18)5-1-2-6-13/h3-4,7,18H,1-2,5-6,8H2,(H,16,17). The third-order valence-corrected chi connectivity index (χ3v) is 3.58. The first kappa shape index (κ1) is 13.3. The Hall–Kier alpha value is -1.13. The van der Waals surface area contributed by atoms with Gasteiger partial charge in [0.2, 0.25) is 0 Å². The highest BCUT2D eigenvalue weighted by Crippen LogP contribution is 2.28. The molecule has 0 atom stereocenters. The highest BCUT2D eigenvalue weighted by Gasteiger charge is 2.31. The number of carbonyl (C=O) groups excluding carboxylic acids is 1. The maximum atomic E-state index is 13.0. The van der Waals surface area contributed by atoms with Gasteiger partial charge in [0.25, 0.3) is 5.91 Å². The summed E-state index contributed by atoms with van der Waals surface area (Å²) in [5, 5.41) is 12.7. The third-order valence-electron chi connectivity index (χ3n) is 3.29. The van der Waals surface area contributed by atoms with Gasteiger partial charge in [0.05, 0.1) is 10.6 Å². The van der Waals surface area contributed by atoms with Crippen LogP contribution in [0.15, 0.2) is 18.2 Å². The first-order valence-electron chi connectivity index (χ1n) is 5.96. The number of nitrogens with one attached hydrogen (secondary N) is 1. The van der Waals surface area contributed by atoms with Crippen molar-refractivity contribution in [2.45, 2.75) is 31.3 Å². The van der Waals surface area contributed by atoms with Crippen molar-refractivity contribution >= 4 is 17.5 Å². The summed E-state index contributed by atoms with van der Waals surface area (Å²) >= 11 is 5.61. The molecule has 1 aliphatic carbocycles. The van der Waals surface area contributed by atoms with Crippen molar-refractivity contribution in [2.24, 2.45) is 0 Å². The van der Waals surface area contributed by atoms with Gasteiger partial charge >= 0.3 is 0 Å². The summed E-state index contributed by atoms with van der Waals surface area (Å²) in [6, 6.07) is 3.81. The molecule has 0 radical (unpaired) electrons. The van der Waals surface area contributed by atoms with Crippen LogP contribution in [0.4, 0.5) is 4.39 Å². The van der Waals surface area contributed by atoms with Gasteiger partial charge in [-0.2, -0.15) is 0 Å². The van der Waals surface area contributed by atoms with Crippen molar-refractivity contribution in [3.8, 4) is 0 Å². The van der Waals surface area contributed by atoms with Crippen molar-refractivity contribution in [3.63, 3.8) is 0 Å². The smallest absolute Gasteiger partial charge is 0.251 e. The van der Waals surface area contributed by atoms with E-state index in [0.717, 1.165) is 18.9 Å². The quantitative estimate of drug-likeness (QED) is 0.887. The van der Waals surface area contributed by atoms with E-state index in [1.54, 1.807) is 0 Å². The number of carbonyl (C=O) groups is 1. The van der Waals surface area contributed by atoms with Gasteiger partial charge in [0.15, 0.2) is 0 Å². The topological polar surface area (TPSA) is 49.3 Å². The molecular weight excluding hydrogens is 257 g/mol. The summed E-state index contributed by atoms with van der Waals surface area (Å²) in [7, 11) is 0. The molecule has 1 aromatic carbocycles. The molecule has 5 heteroatoms. The number of benzene rings is 1. The second-order valence-electron chi connectivity index (χ2n) is 4.74. The Bertz CT molecular complexity index is 458. The van der Waals surface area contributed by atoms with Crippen molar-refractivity contribution < 1.29 is 14.3 Å². The second kappa shape index (κ2) is 5.24. The highest BCUT2D eigenvalue weighted by molar-refractivity contribution is 6.31. The number of halogens is 2. The lowest BCUT2D eigenvalue weighted by molar-refractivity contribution is 0.0449. The monoisotopic (exact) mass is 271 g/mol. The normalized spacial score (nSPS) is 17.7. The summed E-state index contributed by atoms with van der Waals surface area (Å²) in [5.41, 5.74) is -0.498. The fourth-order valence-corrected chi connectivity index (χ4v) is 2.37. The predicted molar refractivity (Wildman–Crippen MR) is 67.2 cm³/mol. The van der Waals surface area contributed by atoms with E-state index < -0.39 is 11.4 Å². The molecule has 1 aromatic rings. The van der Waals surface area contributed by atoms with E-state index in [1.807, 2.05) is 0 Å². The van der Waals surface area contributed by atoms with Crippen LogP contribution in [0.5, 0.6) is 0 Å². The second-order valence-corrected chi connectivity index (χ2v) is 5.15. The Morgan fingerprint density at radius 1 is 1.44 bits per heavy atom. The molecule has 3 nitrogen and oxygen atoms in total. The fraction of sp³-hybridized carbons (Fsp3) is 0.462. The van der Waals surface area contributed by atoms with Crippen molar-refractivity contribution in [1.82, 2.24) is 5.32 Å². The van der Waals surface area contributed by atoms with Gasteiger partial charge in [0.1, 0.15) is 5.82 Å². The van der Waals surface area contributed by atoms with E-state index in [9.17, 15) is 14.3 Å². The molecule has 0 aliphatic heterocycles. The van der Waals surface area contributed by atoms with Gasteiger partial charge in [-0.3, -0.25) is 4.79 Å². The summed E-state index contributed by atoms with van der Waals surface area (Å²) in [6.07, 6.45) is 3.37. The van der Waals surface area contributed by atoms with Crippen LogP contribution < -0.4 is 5.32 Å². The SMILES string of the molecule is O=C(NCC1(O)CCCC1)c1ccc(F)c(Cl)c1. The first-order chi connectivity index (χ1) is 8.50. The molecule has 0 saturated heterocycles. The molecule has 2 rings (SSSR count). The Balaban J connectivity index is 1.97. The average Bonchev–Trinajstić information content (AvgIpc) is 2.77. The summed E-state index contributed by atoms with van der Waals surface area (Å²) in [6.45, 7) is 0.223. The lowest BCUT2D eigenvalue weighted by Gasteiger charge is -2.22. The minimum absolute atomic E-state index is 0.0813. The van der Waals surface area contributed by atoms with Gasteiger partial charge in [-0.15, -0.1) is 0 Å². The van der Waals surface area contributed by atoms with Gasteiger partial charge < -0.3 is 10.4 Å². The van der Waals surface area contributed by atoms with Gasteiger partial charge in [-0.1, -0.05) is 24.4 Å². The molecule has 0 bridgehead atoms. The van der Waals surface area contributed by atoms with E-state index in [2.05, 4.69) is 5.32 Å². The molecule has 0 aromatic heterocycles. The number of hydrogen-bond acceptors (Lipinski definition) is 2. The van der Waals surface area contributed by atoms with Crippen LogP contribution in [0.25, 0.3) is 0 Å².